The number of benzene rings is 1. The third-order valence-corrected chi connectivity index (χ3v) is 2.63. The number of hydrogen-bond donors (Lipinski definition) is 1. The maximum absolute atomic E-state index is 8.62. The van der Waals surface area contributed by atoms with E-state index in [9.17, 15) is 0 Å². The number of thioether (sulfide) groups is 1. The summed E-state index contributed by atoms with van der Waals surface area (Å²) in [5.74, 6) is 0.0490. The first kappa shape index (κ1) is 10.9. The Hall–Kier alpha value is -1.14. The molecule has 0 saturated heterocycles. The molecule has 74 valence electrons. The molecule has 0 heterocycles. The van der Waals surface area contributed by atoms with E-state index in [0.717, 1.165) is 5.69 Å². The van der Waals surface area contributed by atoms with E-state index in [4.69, 9.17) is 5.26 Å². The first-order valence-corrected chi connectivity index (χ1v) is 5.76. The number of hydrogen-bond acceptors (Lipinski definition) is 3. The lowest BCUT2D eigenvalue weighted by Crippen LogP contribution is -2.09. The average Bonchev–Trinajstić information content (AvgIpc) is 2.26. The zero-order valence-corrected chi connectivity index (χ0v) is 9.27. The predicted octanol–water partition coefficient (Wildman–Crippen LogP) is 2.98. The minimum absolute atomic E-state index is 0.0490. The van der Waals surface area contributed by atoms with Gasteiger partial charge in [0.25, 0.3) is 0 Å². The van der Waals surface area contributed by atoms with Gasteiger partial charge in [-0.05, 0) is 31.4 Å². The van der Waals surface area contributed by atoms with Gasteiger partial charge in [-0.1, -0.05) is 6.07 Å². The molecule has 1 atom stereocenters. The highest BCUT2D eigenvalue weighted by atomic mass is 32.2. The fourth-order valence-corrected chi connectivity index (χ4v) is 1.51. The van der Waals surface area contributed by atoms with Crippen molar-refractivity contribution >= 4 is 17.4 Å². The van der Waals surface area contributed by atoms with Crippen molar-refractivity contribution in [3.05, 3.63) is 24.3 Å². The zero-order valence-electron chi connectivity index (χ0n) is 8.45. The second-order valence-corrected chi connectivity index (χ2v) is 4.02. The smallest absolute Gasteiger partial charge is 0.0671 e. The lowest BCUT2D eigenvalue weighted by Gasteiger charge is -2.08. The molecule has 1 aromatic carbocycles. The van der Waals surface area contributed by atoms with Crippen LogP contribution in [0.4, 0.5) is 5.69 Å². The number of nitrogens with one attached hydrogen (secondary N) is 1. The Morgan fingerprint density at radius 2 is 2.36 bits per heavy atom. The Balaban J connectivity index is 2.55. The predicted molar refractivity (Wildman–Crippen MR) is 61.5 cm³/mol. The normalized spacial score (nSPS) is 11.8. The van der Waals surface area contributed by atoms with Crippen molar-refractivity contribution in [2.24, 2.45) is 5.92 Å². The summed E-state index contributed by atoms with van der Waals surface area (Å²) >= 11 is 1.72. The molecule has 0 aliphatic rings. The number of rotatable bonds is 4. The van der Waals surface area contributed by atoms with Gasteiger partial charge in [-0.3, -0.25) is 0 Å². The molecule has 1 N–H and O–H groups in total. The van der Waals surface area contributed by atoms with Crippen molar-refractivity contribution in [3.63, 3.8) is 0 Å². The molecule has 0 saturated carbocycles. The first-order chi connectivity index (χ1) is 6.76. The van der Waals surface area contributed by atoms with Crippen LogP contribution >= 0.6 is 11.8 Å². The summed E-state index contributed by atoms with van der Waals surface area (Å²) in [5.41, 5.74) is 1.08. The minimum atomic E-state index is 0.0490. The van der Waals surface area contributed by atoms with Crippen molar-refractivity contribution < 1.29 is 0 Å². The first-order valence-electron chi connectivity index (χ1n) is 4.54. The molecular weight excluding hydrogens is 192 g/mol. The molecule has 0 amide bonds. The Bertz CT molecular complexity index is 330. The summed E-state index contributed by atoms with van der Waals surface area (Å²) in [6.07, 6.45) is 2.05. The number of nitriles is 1. The summed E-state index contributed by atoms with van der Waals surface area (Å²) in [7, 11) is 0. The number of anilines is 1. The van der Waals surface area contributed by atoms with E-state index >= 15 is 0 Å². The van der Waals surface area contributed by atoms with E-state index in [1.165, 1.54) is 4.90 Å². The van der Waals surface area contributed by atoms with Gasteiger partial charge in [0.05, 0.1) is 12.0 Å². The van der Waals surface area contributed by atoms with Gasteiger partial charge in [-0.25, -0.2) is 0 Å². The molecule has 0 spiro atoms. The summed E-state index contributed by atoms with van der Waals surface area (Å²) in [4.78, 5) is 1.24. The van der Waals surface area contributed by atoms with Gasteiger partial charge in [0.2, 0.25) is 0 Å². The van der Waals surface area contributed by atoms with Gasteiger partial charge in [0, 0.05) is 17.1 Å². The summed E-state index contributed by atoms with van der Waals surface area (Å²) in [6.45, 7) is 2.61. The standard InChI is InChI=1S/C11H14N2S/c1-9(7-12)8-13-10-4-3-5-11(6-10)14-2/h3-6,9,13H,8H2,1-2H3. The minimum Gasteiger partial charge on any atom is -0.384 e. The summed E-state index contributed by atoms with van der Waals surface area (Å²) < 4.78 is 0. The lowest BCUT2D eigenvalue weighted by atomic mass is 10.2. The Labute approximate surface area is 89.3 Å². The fourth-order valence-electron chi connectivity index (χ4n) is 1.05. The molecule has 0 radical (unpaired) electrons. The highest BCUT2D eigenvalue weighted by Crippen LogP contribution is 2.18. The molecule has 0 aromatic heterocycles. The highest BCUT2D eigenvalue weighted by Gasteiger charge is 1.99. The third kappa shape index (κ3) is 3.31. The van der Waals surface area contributed by atoms with E-state index in [0.29, 0.717) is 6.54 Å². The van der Waals surface area contributed by atoms with Crippen molar-refractivity contribution in [1.29, 1.82) is 5.26 Å². The van der Waals surface area contributed by atoms with Crippen LogP contribution in [-0.2, 0) is 0 Å². The number of nitrogens with zero attached hydrogens (tertiary/aromatic N) is 1. The van der Waals surface area contributed by atoms with Gasteiger partial charge in [-0.2, -0.15) is 5.26 Å². The van der Waals surface area contributed by atoms with Gasteiger partial charge in [0.1, 0.15) is 0 Å². The van der Waals surface area contributed by atoms with Gasteiger partial charge < -0.3 is 5.32 Å². The monoisotopic (exact) mass is 206 g/mol. The van der Waals surface area contributed by atoms with Gasteiger partial charge >= 0.3 is 0 Å². The Morgan fingerprint density at radius 1 is 1.57 bits per heavy atom. The second kappa shape index (κ2) is 5.56. The molecule has 1 aromatic rings. The maximum atomic E-state index is 8.62. The van der Waals surface area contributed by atoms with Crippen LogP contribution in [0.25, 0.3) is 0 Å². The quantitative estimate of drug-likeness (QED) is 0.769. The van der Waals surface area contributed by atoms with E-state index in [1.54, 1.807) is 11.8 Å². The van der Waals surface area contributed by atoms with E-state index in [-0.39, 0.29) is 5.92 Å². The average molecular weight is 206 g/mol. The molecule has 0 fully saturated rings. The van der Waals surface area contributed by atoms with Gasteiger partial charge in [0.15, 0.2) is 0 Å². The molecule has 3 heteroatoms. The van der Waals surface area contributed by atoms with Crippen LogP contribution in [0, 0.1) is 17.2 Å². The maximum Gasteiger partial charge on any atom is 0.0671 e. The van der Waals surface area contributed by atoms with Crippen molar-refractivity contribution in [1.82, 2.24) is 0 Å². The van der Waals surface area contributed by atoms with Crippen LogP contribution in [-0.4, -0.2) is 12.8 Å². The van der Waals surface area contributed by atoms with Crippen molar-refractivity contribution in [2.75, 3.05) is 18.1 Å². The van der Waals surface area contributed by atoms with Crippen molar-refractivity contribution in [3.8, 4) is 6.07 Å². The lowest BCUT2D eigenvalue weighted by molar-refractivity contribution is 0.786. The molecular formula is C11H14N2S. The van der Waals surface area contributed by atoms with Crippen LogP contribution in [0.1, 0.15) is 6.92 Å². The zero-order chi connectivity index (χ0) is 10.4. The van der Waals surface area contributed by atoms with E-state index < -0.39 is 0 Å². The highest BCUT2D eigenvalue weighted by molar-refractivity contribution is 7.98. The topological polar surface area (TPSA) is 35.8 Å². The van der Waals surface area contributed by atoms with Crippen LogP contribution in [0.15, 0.2) is 29.2 Å². The van der Waals surface area contributed by atoms with Crippen LogP contribution < -0.4 is 5.32 Å². The second-order valence-electron chi connectivity index (χ2n) is 3.14. The molecule has 0 bridgehead atoms. The molecule has 2 nitrogen and oxygen atoms in total. The Kier molecular flexibility index (Phi) is 4.34. The molecule has 1 rings (SSSR count). The van der Waals surface area contributed by atoms with Crippen LogP contribution in [0.2, 0.25) is 0 Å². The molecule has 1 unspecified atom stereocenters. The largest absolute Gasteiger partial charge is 0.384 e. The van der Waals surface area contributed by atoms with Gasteiger partial charge in [-0.15, -0.1) is 11.8 Å². The Morgan fingerprint density at radius 3 is 3.00 bits per heavy atom. The van der Waals surface area contributed by atoms with Crippen molar-refractivity contribution in [2.45, 2.75) is 11.8 Å². The molecule has 0 aliphatic heterocycles. The van der Waals surface area contributed by atoms with E-state index in [1.807, 2.05) is 19.1 Å². The van der Waals surface area contributed by atoms with E-state index in [2.05, 4.69) is 29.8 Å². The summed E-state index contributed by atoms with van der Waals surface area (Å²) in [5, 5.41) is 11.9. The fraction of sp³-hybridized carbons (Fsp3) is 0.364. The third-order valence-electron chi connectivity index (χ3n) is 1.90. The van der Waals surface area contributed by atoms with Crippen LogP contribution in [0.3, 0.4) is 0 Å². The molecule has 14 heavy (non-hydrogen) atoms. The molecule has 0 aliphatic carbocycles. The van der Waals surface area contributed by atoms with Crippen LogP contribution in [0.5, 0.6) is 0 Å². The summed E-state index contributed by atoms with van der Waals surface area (Å²) in [6, 6.07) is 10.4. The SMILES string of the molecule is CSc1cccc(NCC(C)C#N)c1.